The summed E-state index contributed by atoms with van der Waals surface area (Å²) in [6.45, 7) is 0. The van der Waals surface area contributed by atoms with Gasteiger partial charge < -0.3 is 5.73 Å². The van der Waals surface area contributed by atoms with E-state index in [1.165, 1.54) is 6.07 Å². The molecule has 11 heavy (non-hydrogen) atoms. The van der Waals surface area contributed by atoms with E-state index in [9.17, 15) is 4.39 Å². The molecule has 4 heteroatoms. The highest BCUT2D eigenvalue weighted by atomic mass is 35.5. The molecule has 1 rings (SSSR count). The number of nitrogen functional groups attached to an aromatic ring is 1. The molecular formula is C7H4ClFN2. The smallest absolute Gasteiger partial charge is 0.143 e. The van der Waals surface area contributed by atoms with E-state index in [1.54, 1.807) is 6.07 Å². The normalized spacial score (nSPS) is 9.18. The number of benzene rings is 1. The van der Waals surface area contributed by atoms with Crippen molar-refractivity contribution in [2.24, 2.45) is 0 Å². The maximum Gasteiger partial charge on any atom is 0.143 e. The highest BCUT2D eigenvalue weighted by Gasteiger charge is 2.04. The second-order valence-electron chi connectivity index (χ2n) is 1.97. The second-order valence-corrected chi connectivity index (χ2v) is 2.37. The van der Waals surface area contributed by atoms with Gasteiger partial charge in [-0.3, -0.25) is 0 Å². The summed E-state index contributed by atoms with van der Waals surface area (Å²) >= 11 is 5.38. The van der Waals surface area contributed by atoms with E-state index >= 15 is 0 Å². The van der Waals surface area contributed by atoms with Crippen molar-refractivity contribution < 1.29 is 4.39 Å². The van der Waals surface area contributed by atoms with Crippen LogP contribution in [0.3, 0.4) is 0 Å². The highest BCUT2D eigenvalue weighted by Crippen LogP contribution is 2.20. The first-order chi connectivity index (χ1) is 5.15. The summed E-state index contributed by atoms with van der Waals surface area (Å²) in [7, 11) is 0. The van der Waals surface area contributed by atoms with E-state index in [1.807, 2.05) is 0 Å². The summed E-state index contributed by atoms with van der Waals surface area (Å²) in [4.78, 5) is 0. The van der Waals surface area contributed by atoms with E-state index in [0.29, 0.717) is 0 Å². The van der Waals surface area contributed by atoms with Crippen LogP contribution in [0.2, 0.25) is 5.02 Å². The molecule has 0 radical (unpaired) electrons. The molecule has 0 saturated carbocycles. The van der Waals surface area contributed by atoms with Gasteiger partial charge in [-0.15, -0.1) is 0 Å². The first kappa shape index (κ1) is 7.83. The fourth-order valence-corrected chi connectivity index (χ4v) is 0.831. The van der Waals surface area contributed by atoms with Gasteiger partial charge in [0.2, 0.25) is 0 Å². The Balaban J connectivity index is 3.35. The third-order valence-corrected chi connectivity index (χ3v) is 1.50. The SMILES string of the molecule is N#Cc1cc(F)c(Cl)cc1N. The molecule has 0 aliphatic carbocycles. The minimum Gasteiger partial charge on any atom is -0.398 e. The molecule has 0 heterocycles. The van der Waals surface area contributed by atoms with Crippen molar-refractivity contribution in [3.05, 3.63) is 28.5 Å². The van der Waals surface area contributed by atoms with Gasteiger partial charge in [-0.2, -0.15) is 5.26 Å². The third kappa shape index (κ3) is 1.41. The number of rotatable bonds is 0. The van der Waals surface area contributed by atoms with Crippen LogP contribution < -0.4 is 5.73 Å². The van der Waals surface area contributed by atoms with Crippen LogP contribution in [0.4, 0.5) is 10.1 Å². The topological polar surface area (TPSA) is 49.8 Å². The van der Waals surface area contributed by atoms with Crippen LogP contribution in [0.1, 0.15) is 5.56 Å². The van der Waals surface area contributed by atoms with Crippen molar-refractivity contribution in [2.75, 3.05) is 5.73 Å². The standard InChI is InChI=1S/C7H4ClFN2/c8-5-2-7(11)4(3-10)1-6(5)9/h1-2H,11H2. The molecule has 0 spiro atoms. The summed E-state index contributed by atoms with van der Waals surface area (Å²) in [5.41, 5.74) is 5.62. The predicted molar refractivity (Wildman–Crippen MR) is 40.5 cm³/mol. The van der Waals surface area contributed by atoms with Crippen LogP contribution in [0.25, 0.3) is 0 Å². The zero-order valence-corrected chi connectivity index (χ0v) is 6.19. The fraction of sp³-hybridized carbons (Fsp3) is 0. The van der Waals surface area contributed by atoms with Crippen LogP contribution in [0, 0.1) is 17.1 Å². The van der Waals surface area contributed by atoms with Crippen molar-refractivity contribution in [1.29, 1.82) is 5.26 Å². The first-order valence-electron chi connectivity index (χ1n) is 2.79. The van der Waals surface area contributed by atoms with Gasteiger partial charge in [0.15, 0.2) is 0 Å². The molecule has 0 unspecified atom stereocenters. The molecule has 0 saturated heterocycles. The van der Waals surface area contributed by atoms with Gasteiger partial charge in [0.1, 0.15) is 11.9 Å². The van der Waals surface area contributed by atoms with Crippen LogP contribution in [-0.2, 0) is 0 Å². The van der Waals surface area contributed by atoms with E-state index < -0.39 is 5.82 Å². The molecule has 0 aliphatic heterocycles. The molecule has 0 aromatic heterocycles. The zero-order valence-electron chi connectivity index (χ0n) is 5.44. The molecule has 0 bridgehead atoms. The summed E-state index contributed by atoms with van der Waals surface area (Å²) in [5, 5.41) is 8.33. The Morgan fingerprint density at radius 1 is 1.55 bits per heavy atom. The average Bonchev–Trinajstić information content (AvgIpc) is 1.97. The molecule has 2 N–H and O–H groups in total. The van der Waals surface area contributed by atoms with Gasteiger partial charge >= 0.3 is 0 Å². The van der Waals surface area contributed by atoms with Gasteiger partial charge in [-0.05, 0) is 12.1 Å². The van der Waals surface area contributed by atoms with Crippen LogP contribution >= 0.6 is 11.6 Å². The maximum absolute atomic E-state index is 12.6. The maximum atomic E-state index is 12.6. The minimum atomic E-state index is -0.627. The summed E-state index contributed by atoms with van der Waals surface area (Å²) in [5.74, 6) is -0.627. The number of anilines is 1. The summed E-state index contributed by atoms with van der Waals surface area (Å²) < 4.78 is 12.6. The molecule has 0 atom stereocenters. The van der Waals surface area contributed by atoms with Gasteiger partial charge in [0.25, 0.3) is 0 Å². The van der Waals surface area contributed by atoms with Gasteiger partial charge in [-0.1, -0.05) is 11.6 Å². The largest absolute Gasteiger partial charge is 0.398 e. The molecule has 56 valence electrons. The number of hydrogen-bond acceptors (Lipinski definition) is 2. The summed E-state index contributed by atoms with van der Waals surface area (Å²) in [6, 6.07) is 3.97. The lowest BCUT2D eigenvalue weighted by atomic mass is 10.2. The van der Waals surface area contributed by atoms with Crippen molar-refractivity contribution in [3.63, 3.8) is 0 Å². The Morgan fingerprint density at radius 3 is 2.73 bits per heavy atom. The number of nitrogens with two attached hydrogens (primary N) is 1. The summed E-state index contributed by atoms with van der Waals surface area (Å²) in [6.07, 6.45) is 0. The van der Waals surface area contributed by atoms with Crippen molar-refractivity contribution in [1.82, 2.24) is 0 Å². The Labute approximate surface area is 68.0 Å². The highest BCUT2D eigenvalue weighted by molar-refractivity contribution is 6.31. The number of nitriles is 1. The second kappa shape index (κ2) is 2.77. The molecule has 0 fully saturated rings. The molecule has 1 aromatic carbocycles. The van der Waals surface area contributed by atoms with Gasteiger partial charge in [0, 0.05) is 0 Å². The average molecular weight is 171 g/mol. The zero-order chi connectivity index (χ0) is 8.43. The first-order valence-corrected chi connectivity index (χ1v) is 3.17. The minimum absolute atomic E-state index is 0.0681. The Bertz CT molecular complexity index is 330. The quantitative estimate of drug-likeness (QED) is 0.605. The van der Waals surface area contributed by atoms with Crippen molar-refractivity contribution in [2.45, 2.75) is 0 Å². The van der Waals surface area contributed by atoms with E-state index in [-0.39, 0.29) is 16.3 Å². The van der Waals surface area contributed by atoms with Crippen LogP contribution in [-0.4, -0.2) is 0 Å². The third-order valence-electron chi connectivity index (χ3n) is 1.21. The number of nitrogens with zero attached hydrogens (tertiary/aromatic N) is 1. The van der Waals surface area contributed by atoms with Crippen molar-refractivity contribution >= 4 is 17.3 Å². The molecule has 1 aromatic rings. The molecule has 2 nitrogen and oxygen atoms in total. The lowest BCUT2D eigenvalue weighted by molar-refractivity contribution is 0.628. The van der Waals surface area contributed by atoms with E-state index in [4.69, 9.17) is 22.6 Å². The van der Waals surface area contributed by atoms with Crippen molar-refractivity contribution in [3.8, 4) is 6.07 Å². The Kier molecular flexibility index (Phi) is 1.97. The number of hydrogen-bond donors (Lipinski definition) is 1. The molecular weight excluding hydrogens is 167 g/mol. The monoisotopic (exact) mass is 170 g/mol. The van der Waals surface area contributed by atoms with Crippen LogP contribution in [0.15, 0.2) is 12.1 Å². The van der Waals surface area contributed by atoms with Gasteiger partial charge in [0.05, 0.1) is 16.3 Å². The van der Waals surface area contributed by atoms with E-state index in [2.05, 4.69) is 0 Å². The lowest BCUT2D eigenvalue weighted by Gasteiger charge is -1.97. The predicted octanol–water partition coefficient (Wildman–Crippen LogP) is 1.93. The van der Waals surface area contributed by atoms with Crippen LogP contribution in [0.5, 0.6) is 0 Å². The van der Waals surface area contributed by atoms with E-state index in [0.717, 1.165) is 6.07 Å². The fourth-order valence-electron chi connectivity index (χ4n) is 0.659. The molecule has 0 aliphatic rings. The Morgan fingerprint density at radius 2 is 2.18 bits per heavy atom. The molecule has 0 amide bonds. The Hall–Kier alpha value is -1.27. The lowest BCUT2D eigenvalue weighted by Crippen LogP contribution is -1.91. The number of halogens is 2. The van der Waals surface area contributed by atoms with Gasteiger partial charge in [-0.25, -0.2) is 4.39 Å².